The number of rotatable bonds is 3. The second-order valence-electron chi connectivity index (χ2n) is 4.51. The Morgan fingerprint density at radius 3 is 3.00 bits per heavy atom. The number of hydrogen-bond acceptors (Lipinski definition) is 4. The second kappa shape index (κ2) is 6.47. The van der Waals surface area contributed by atoms with Gasteiger partial charge in [0, 0.05) is 6.54 Å². The molecule has 108 valence electrons. The lowest BCUT2D eigenvalue weighted by Gasteiger charge is -2.33. The van der Waals surface area contributed by atoms with E-state index in [1.165, 1.54) is 24.1 Å². The molecule has 0 radical (unpaired) electrons. The van der Waals surface area contributed by atoms with Crippen molar-refractivity contribution in [2.24, 2.45) is 0 Å². The number of esters is 1. The second-order valence-corrected chi connectivity index (χ2v) is 4.51. The number of hydrogen-bond donors (Lipinski definition) is 0. The number of morpholine rings is 1. The summed E-state index contributed by atoms with van der Waals surface area (Å²) in [5.41, 5.74) is 0.574. The molecule has 2 rings (SSSR count). The highest BCUT2D eigenvalue weighted by Gasteiger charge is 2.33. The van der Waals surface area contributed by atoms with Crippen LogP contribution >= 0.6 is 0 Å². The van der Waals surface area contributed by atoms with Crippen molar-refractivity contribution in [1.82, 2.24) is 4.90 Å². The molecule has 1 atom stereocenters. The maximum Gasteiger partial charge on any atom is 0.331 e. The van der Waals surface area contributed by atoms with Crippen LogP contribution in [0.15, 0.2) is 24.3 Å². The minimum Gasteiger partial charge on any atom is -0.467 e. The fraction of sp³-hybridized carbons (Fsp3) is 0.429. The minimum absolute atomic E-state index is 0.0469. The van der Waals surface area contributed by atoms with Gasteiger partial charge >= 0.3 is 5.97 Å². The maximum absolute atomic E-state index is 13.1. The van der Waals surface area contributed by atoms with Crippen molar-refractivity contribution in [3.8, 4) is 0 Å². The van der Waals surface area contributed by atoms with Gasteiger partial charge in [0.25, 0.3) is 0 Å². The third-order valence-corrected chi connectivity index (χ3v) is 3.17. The molecule has 1 aromatic rings. The summed E-state index contributed by atoms with van der Waals surface area (Å²) in [6, 6.07) is 5.13. The largest absolute Gasteiger partial charge is 0.467 e. The third kappa shape index (κ3) is 3.33. The molecule has 0 bridgehead atoms. The number of amides is 1. The van der Waals surface area contributed by atoms with Crippen LogP contribution in [0.4, 0.5) is 4.39 Å². The van der Waals surface area contributed by atoms with E-state index in [4.69, 9.17) is 4.74 Å². The van der Waals surface area contributed by atoms with Gasteiger partial charge in [-0.15, -0.1) is 0 Å². The SMILES string of the molecule is COC(=O)C1COCCN1C(=O)Cc1cccc(F)c1. The Morgan fingerprint density at radius 1 is 1.50 bits per heavy atom. The zero-order valence-electron chi connectivity index (χ0n) is 11.2. The fourth-order valence-corrected chi connectivity index (χ4v) is 2.16. The molecule has 0 aliphatic carbocycles. The minimum atomic E-state index is -0.727. The van der Waals surface area contributed by atoms with Gasteiger partial charge in [0.15, 0.2) is 6.04 Å². The molecular weight excluding hydrogens is 265 g/mol. The van der Waals surface area contributed by atoms with E-state index in [9.17, 15) is 14.0 Å². The highest BCUT2D eigenvalue weighted by molar-refractivity contribution is 5.86. The Hall–Kier alpha value is -1.95. The molecular formula is C14H16FNO4. The molecule has 0 saturated carbocycles. The first kappa shape index (κ1) is 14.5. The first-order valence-corrected chi connectivity index (χ1v) is 6.31. The number of carbonyl (C=O) groups is 2. The summed E-state index contributed by atoms with van der Waals surface area (Å²) in [4.78, 5) is 25.3. The normalized spacial score (nSPS) is 18.7. The van der Waals surface area contributed by atoms with Gasteiger partial charge in [0.05, 0.1) is 26.7 Å². The lowest BCUT2D eigenvalue weighted by Crippen LogP contribution is -2.53. The van der Waals surface area contributed by atoms with Crippen molar-refractivity contribution in [2.45, 2.75) is 12.5 Å². The Bertz CT molecular complexity index is 506. The summed E-state index contributed by atoms with van der Waals surface area (Å²) >= 11 is 0. The quantitative estimate of drug-likeness (QED) is 0.768. The molecule has 1 fully saturated rings. The Kier molecular flexibility index (Phi) is 4.68. The Morgan fingerprint density at radius 2 is 2.30 bits per heavy atom. The number of methoxy groups -OCH3 is 1. The van der Waals surface area contributed by atoms with Crippen LogP contribution in [0.25, 0.3) is 0 Å². The summed E-state index contributed by atoms with van der Waals surface area (Å²) in [6.45, 7) is 0.831. The molecule has 1 aliphatic heterocycles. The van der Waals surface area contributed by atoms with Crippen LogP contribution in [-0.4, -0.2) is 49.7 Å². The van der Waals surface area contributed by atoms with E-state index in [0.717, 1.165) is 0 Å². The van der Waals surface area contributed by atoms with Crippen LogP contribution in [0.1, 0.15) is 5.56 Å². The van der Waals surface area contributed by atoms with Gasteiger partial charge in [0.1, 0.15) is 5.82 Å². The molecule has 0 spiro atoms. The molecule has 0 aromatic heterocycles. The van der Waals surface area contributed by atoms with Crippen LogP contribution in [0.5, 0.6) is 0 Å². The van der Waals surface area contributed by atoms with Gasteiger partial charge in [-0.25, -0.2) is 9.18 Å². The number of halogens is 1. The fourth-order valence-electron chi connectivity index (χ4n) is 2.16. The van der Waals surface area contributed by atoms with Gasteiger partial charge in [0.2, 0.25) is 5.91 Å². The highest BCUT2D eigenvalue weighted by Crippen LogP contribution is 2.12. The molecule has 20 heavy (non-hydrogen) atoms. The summed E-state index contributed by atoms with van der Waals surface area (Å²) in [6.07, 6.45) is 0.0469. The van der Waals surface area contributed by atoms with Gasteiger partial charge in [-0.3, -0.25) is 4.79 Å². The van der Waals surface area contributed by atoms with E-state index in [2.05, 4.69) is 4.74 Å². The van der Waals surface area contributed by atoms with Crippen molar-refractivity contribution >= 4 is 11.9 Å². The molecule has 0 N–H and O–H groups in total. The monoisotopic (exact) mass is 281 g/mol. The van der Waals surface area contributed by atoms with Gasteiger partial charge in [-0.05, 0) is 17.7 Å². The van der Waals surface area contributed by atoms with E-state index < -0.39 is 12.0 Å². The summed E-state index contributed by atoms with van der Waals surface area (Å²) in [7, 11) is 1.27. The molecule has 1 heterocycles. The van der Waals surface area contributed by atoms with Crippen molar-refractivity contribution in [3.63, 3.8) is 0 Å². The van der Waals surface area contributed by atoms with E-state index in [1.807, 2.05) is 0 Å². The molecule has 1 amide bonds. The zero-order valence-corrected chi connectivity index (χ0v) is 11.2. The van der Waals surface area contributed by atoms with E-state index in [0.29, 0.717) is 18.7 Å². The lowest BCUT2D eigenvalue weighted by atomic mass is 10.1. The van der Waals surface area contributed by atoms with Crippen molar-refractivity contribution < 1.29 is 23.5 Å². The first-order chi connectivity index (χ1) is 9.61. The third-order valence-electron chi connectivity index (χ3n) is 3.17. The van der Waals surface area contributed by atoms with E-state index >= 15 is 0 Å². The molecule has 5 nitrogen and oxygen atoms in total. The van der Waals surface area contributed by atoms with Crippen LogP contribution < -0.4 is 0 Å². The van der Waals surface area contributed by atoms with Gasteiger partial charge in [-0.2, -0.15) is 0 Å². The predicted octanol–water partition coefficient (Wildman–Crippen LogP) is 0.769. The van der Waals surface area contributed by atoms with Crippen molar-refractivity contribution in [1.29, 1.82) is 0 Å². The van der Waals surface area contributed by atoms with Gasteiger partial charge in [-0.1, -0.05) is 12.1 Å². The highest BCUT2D eigenvalue weighted by atomic mass is 19.1. The first-order valence-electron chi connectivity index (χ1n) is 6.31. The van der Waals surface area contributed by atoms with Crippen LogP contribution in [0.3, 0.4) is 0 Å². The van der Waals surface area contributed by atoms with E-state index in [-0.39, 0.29) is 24.8 Å². The zero-order chi connectivity index (χ0) is 14.5. The van der Waals surface area contributed by atoms with Crippen molar-refractivity contribution in [2.75, 3.05) is 26.9 Å². The van der Waals surface area contributed by atoms with Crippen molar-refractivity contribution in [3.05, 3.63) is 35.6 Å². The smallest absolute Gasteiger partial charge is 0.331 e. The van der Waals surface area contributed by atoms with Crippen LogP contribution in [0, 0.1) is 5.82 Å². The molecule has 1 aromatic carbocycles. The average molecular weight is 281 g/mol. The molecule has 1 unspecified atom stereocenters. The predicted molar refractivity (Wildman–Crippen MR) is 68.4 cm³/mol. The molecule has 1 saturated heterocycles. The van der Waals surface area contributed by atoms with Gasteiger partial charge < -0.3 is 14.4 Å². The Labute approximate surface area is 116 Å². The van der Waals surface area contributed by atoms with Crippen LogP contribution in [-0.2, 0) is 25.5 Å². The number of benzene rings is 1. The number of carbonyl (C=O) groups excluding carboxylic acids is 2. The molecule has 1 aliphatic rings. The maximum atomic E-state index is 13.1. The summed E-state index contributed by atoms with van der Waals surface area (Å²) in [5.74, 6) is -1.13. The lowest BCUT2D eigenvalue weighted by molar-refractivity contribution is -0.160. The summed E-state index contributed by atoms with van der Waals surface area (Å²) in [5, 5.41) is 0. The number of nitrogens with zero attached hydrogens (tertiary/aromatic N) is 1. The average Bonchev–Trinajstić information content (AvgIpc) is 2.46. The Balaban J connectivity index is 2.08. The summed E-state index contributed by atoms with van der Waals surface area (Å²) < 4.78 is 23.0. The topological polar surface area (TPSA) is 55.8 Å². The van der Waals surface area contributed by atoms with E-state index in [1.54, 1.807) is 12.1 Å². The number of ether oxygens (including phenoxy) is 2. The standard InChI is InChI=1S/C14H16FNO4/c1-19-14(18)12-9-20-6-5-16(12)13(17)8-10-3-2-4-11(15)7-10/h2-4,7,12H,5-6,8-9H2,1H3. The van der Waals surface area contributed by atoms with Crippen LogP contribution in [0.2, 0.25) is 0 Å². The molecule has 6 heteroatoms.